The summed E-state index contributed by atoms with van der Waals surface area (Å²) < 4.78 is 18.4. The normalized spacial score (nSPS) is 11.8. The molecule has 142 valence electrons. The molecule has 0 aromatic heterocycles. The van der Waals surface area contributed by atoms with Crippen LogP contribution >= 0.6 is 0 Å². The SMILES string of the molecule is CCCCOCCCNC(=NC)NCCN(C)Cc1ccc(F)cc1. The minimum absolute atomic E-state index is 0.196. The molecule has 0 unspecified atom stereocenters. The molecule has 0 aliphatic carbocycles. The number of hydrogen-bond acceptors (Lipinski definition) is 3. The molecule has 0 aliphatic heterocycles. The maximum absolute atomic E-state index is 12.9. The van der Waals surface area contributed by atoms with E-state index in [1.54, 1.807) is 7.05 Å². The van der Waals surface area contributed by atoms with Crippen LogP contribution in [-0.2, 0) is 11.3 Å². The number of likely N-dealkylation sites (N-methyl/N-ethyl adjacent to an activating group) is 1. The quantitative estimate of drug-likeness (QED) is 0.345. The van der Waals surface area contributed by atoms with Crippen LogP contribution in [0.25, 0.3) is 0 Å². The Labute approximate surface area is 151 Å². The van der Waals surface area contributed by atoms with E-state index in [2.05, 4.69) is 34.5 Å². The first-order valence-electron chi connectivity index (χ1n) is 9.11. The summed E-state index contributed by atoms with van der Waals surface area (Å²) >= 11 is 0. The third kappa shape index (κ3) is 10.7. The van der Waals surface area contributed by atoms with Crippen molar-refractivity contribution in [2.24, 2.45) is 4.99 Å². The fourth-order valence-electron chi connectivity index (χ4n) is 2.30. The van der Waals surface area contributed by atoms with Gasteiger partial charge >= 0.3 is 0 Å². The number of nitrogens with one attached hydrogen (secondary N) is 2. The van der Waals surface area contributed by atoms with Gasteiger partial charge in [-0.05, 0) is 37.6 Å². The van der Waals surface area contributed by atoms with Crippen LogP contribution in [0.2, 0.25) is 0 Å². The number of ether oxygens (including phenoxy) is 1. The first-order valence-corrected chi connectivity index (χ1v) is 9.11. The van der Waals surface area contributed by atoms with Crippen molar-refractivity contribution in [1.29, 1.82) is 0 Å². The molecule has 1 aromatic rings. The lowest BCUT2D eigenvalue weighted by molar-refractivity contribution is 0.129. The molecule has 0 spiro atoms. The van der Waals surface area contributed by atoms with Gasteiger partial charge < -0.3 is 20.3 Å². The van der Waals surface area contributed by atoms with Crippen molar-refractivity contribution in [1.82, 2.24) is 15.5 Å². The number of nitrogens with zero attached hydrogens (tertiary/aromatic N) is 2. The molecule has 5 nitrogen and oxygen atoms in total. The number of hydrogen-bond donors (Lipinski definition) is 2. The predicted molar refractivity (Wildman–Crippen MR) is 102 cm³/mol. The Hall–Kier alpha value is -1.66. The molecule has 0 radical (unpaired) electrons. The standard InChI is InChI=1S/C19H33FN4O/c1-4-5-14-25-15-6-11-22-19(21-2)23-12-13-24(3)16-17-7-9-18(20)10-8-17/h7-10H,4-6,11-16H2,1-3H3,(H2,21,22,23). The van der Waals surface area contributed by atoms with Gasteiger partial charge in [0.15, 0.2) is 5.96 Å². The number of unbranched alkanes of at least 4 members (excludes halogenated alkanes) is 1. The number of rotatable bonds is 12. The lowest BCUT2D eigenvalue weighted by atomic mass is 10.2. The van der Waals surface area contributed by atoms with Gasteiger partial charge in [-0.15, -0.1) is 0 Å². The zero-order valence-electron chi connectivity index (χ0n) is 15.9. The van der Waals surface area contributed by atoms with Crippen LogP contribution in [-0.4, -0.2) is 57.8 Å². The number of guanidine groups is 1. The van der Waals surface area contributed by atoms with E-state index in [4.69, 9.17) is 4.74 Å². The van der Waals surface area contributed by atoms with Crippen LogP contribution in [0.15, 0.2) is 29.3 Å². The molecule has 25 heavy (non-hydrogen) atoms. The van der Waals surface area contributed by atoms with E-state index in [0.717, 1.165) is 63.8 Å². The third-order valence-electron chi connectivity index (χ3n) is 3.78. The van der Waals surface area contributed by atoms with Crippen LogP contribution in [0.1, 0.15) is 31.7 Å². The Morgan fingerprint density at radius 2 is 1.80 bits per heavy atom. The van der Waals surface area contributed by atoms with Gasteiger partial charge in [0.05, 0.1) is 0 Å². The van der Waals surface area contributed by atoms with Crippen LogP contribution in [0.4, 0.5) is 4.39 Å². The van der Waals surface area contributed by atoms with Crippen molar-refractivity contribution in [3.8, 4) is 0 Å². The average Bonchev–Trinajstić information content (AvgIpc) is 2.61. The smallest absolute Gasteiger partial charge is 0.191 e. The van der Waals surface area contributed by atoms with Gasteiger partial charge in [0.2, 0.25) is 0 Å². The van der Waals surface area contributed by atoms with Crippen molar-refractivity contribution >= 4 is 5.96 Å². The van der Waals surface area contributed by atoms with Gasteiger partial charge in [-0.1, -0.05) is 25.5 Å². The summed E-state index contributed by atoms with van der Waals surface area (Å²) in [6.07, 6.45) is 3.27. The van der Waals surface area contributed by atoms with Gasteiger partial charge in [-0.25, -0.2) is 4.39 Å². The monoisotopic (exact) mass is 352 g/mol. The number of benzene rings is 1. The van der Waals surface area contributed by atoms with E-state index in [1.807, 2.05) is 12.1 Å². The Morgan fingerprint density at radius 3 is 2.48 bits per heavy atom. The second-order valence-corrected chi connectivity index (χ2v) is 6.11. The minimum atomic E-state index is -0.196. The summed E-state index contributed by atoms with van der Waals surface area (Å²) in [7, 11) is 3.82. The zero-order chi connectivity index (χ0) is 18.3. The van der Waals surface area contributed by atoms with Gasteiger partial charge in [0, 0.05) is 46.4 Å². The van der Waals surface area contributed by atoms with E-state index < -0.39 is 0 Å². The predicted octanol–water partition coefficient (Wildman–Crippen LogP) is 2.63. The molecule has 1 aromatic carbocycles. The maximum Gasteiger partial charge on any atom is 0.191 e. The highest BCUT2D eigenvalue weighted by Crippen LogP contribution is 2.04. The van der Waals surface area contributed by atoms with Crippen LogP contribution < -0.4 is 10.6 Å². The topological polar surface area (TPSA) is 48.9 Å². The summed E-state index contributed by atoms with van der Waals surface area (Å²) in [5.41, 5.74) is 1.11. The first-order chi connectivity index (χ1) is 12.2. The highest BCUT2D eigenvalue weighted by molar-refractivity contribution is 5.79. The largest absolute Gasteiger partial charge is 0.381 e. The molecule has 0 saturated heterocycles. The minimum Gasteiger partial charge on any atom is -0.381 e. The highest BCUT2D eigenvalue weighted by Gasteiger charge is 2.02. The Bertz CT molecular complexity index is 479. The van der Waals surface area contributed by atoms with E-state index in [0.29, 0.717) is 0 Å². The Balaban J connectivity index is 2.10. The summed E-state index contributed by atoms with van der Waals surface area (Å²) in [6, 6.07) is 6.64. The molecule has 0 saturated carbocycles. The van der Waals surface area contributed by atoms with Gasteiger partial charge in [-0.2, -0.15) is 0 Å². The fourth-order valence-corrected chi connectivity index (χ4v) is 2.30. The summed E-state index contributed by atoms with van der Waals surface area (Å²) in [6.45, 7) is 7.11. The summed E-state index contributed by atoms with van der Waals surface area (Å²) in [4.78, 5) is 6.41. The fraction of sp³-hybridized carbons (Fsp3) is 0.632. The summed E-state index contributed by atoms with van der Waals surface area (Å²) in [5, 5.41) is 6.59. The lowest BCUT2D eigenvalue weighted by Gasteiger charge is -2.18. The van der Waals surface area contributed by atoms with Crippen molar-refractivity contribution in [2.75, 3.05) is 46.9 Å². The molecule has 0 bridgehead atoms. The second-order valence-electron chi connectivity index (χ2n) is 6.11. The molecular weight excluding hydrogens is 319 g/mol. The molecule has 0 heterocycles. The van der Waals surface area contributed by atoms with Gasteiger partial charge in [-0.3, -0.25) is 4.99 Å². The molecule has 6 heteroatoms. The van der Waals surface area contributed by atoms with Crippen molar-refractivity contribution < 1.29 is 9.13 Å². The van der Waals surface area contributed by atoms with E-state index in [1.165, 1.54) is 18.6 Å². The van der Waals surface area contributed by atoms with E-state index >= 15 is 0 Å². The van der Waals surface area contributed by atoms with Crippen LogP contribution in [0.3, 0.4) is 0 Å². The average molecular weight is 352 g/mol. The molecular formula is C19H33FN4O. The lowest BCUT2D eigenvalue weighted by Crippen LogP contribution is -2.41. The van der Waals surface area contributed by atoms with Crippen LogP contribution in [0, 0.1) is 5.82 Å². The number of aliphatic imine (C=N–C) groups is 1. The van der Waals surface area contributed by atoms with Crippen molar-refractivity contribution in [2.45, 2.75) is 32.7 Å². The molecule has 1 rings (SSSR count). The van der Waals surface area contributed by atoms with Crippen molar-refractivity contribution in [3.63, 3.8) is 0 Å². The molecule has 0 fully saturated rings. The molecule has 0 aliphatic rings. The second kappa shape index (κ2) is 13.6. The molecule has 0 amide bonds. The number of halogens is 1. The first kappa shape index (κ1) is 21.4. The van der Waals surface area contributed by atoms with Crippen molar-refractivity contribution in [3.05, 3.63) is 35.6 Å². The van der Waals surface area contributed by atoms with Gasteiger partial charge in [0.1, 0.15) is 5.82 Å². The van der Waals surface area contributed by atoms with E-state index in [9.17, 15) is 4.39 Å². The molecule has 0 atom stereocenters. The van der Waals surface area contributed by atoms with Gasteiger partial charge in [0.25, 0.3) is 0 Å². The Morgan fingerprint density at radius 1 is 1.12 bits per heavy atom. The third-order valence-corrected chi connectivity index (χ3v) is 3.78. The summed E-state index contributed by atoms with van der Waals surface area (Å²) in [5.74, 6) is 0.613. The molecule has 2 N–H and O–H groups in total. The highest BCUT2D eigenvalue weighted by atomic mass is 19.1. The Kier molecular flexibility index (Phi) is 11.6. The van der Waals surface area contributed by atoms with E-state index in [-0.39, 0.29) is 5.82 Å². The maximum atomic E-state index is 12.9. The zero-order valence-corrected chi connectivity index (χ0v) is 15.9. The van der Waals surface area contributed by atoms with Crippen LogP contribution in [0.5, 0.6) is 0 Å².